The van der Waals surface area contributed by atoms with Crippen LogP contribution in [-0.4, -0.2) is 47.4 Å². The Kier molecular flexibility index (Phi) is 10.8. The Balaban J connectivity index is 0.00000392. The van der Waals surface area contributed by atoms with Crippen LogP contribution < -0.4 is 15.4 Å². The molecular weight excluding hydrogens is 509 g/mol. The van der Waals surface area contributed by atoms with E-state index in [-0.39, 0.29) is 28.9 Å². The van der Waals surface area contributed by atoms with Gasteiger partial charge in [0.15, 0.2) is 15.8 Å². The minimum Gasteiger partial charge on any atom is -0.492 e. The molecule has 0 fully saturated rings. The average molecular weight is 537 g/mol. The largest absolute Gasteiger partial charge is 0.492 e. The van der Waals surface area contributed by atoms with E-state index in [4.69, 9.17) is 4.74 Å². The number of halogens is 1. The van der Waals surface area contributed by atoms with Crippen molar-refractivity contribution in [1.82, 2.24) is 10.6 Å². The van der Waals surface area contributed by atoms with E-state index >= 15 is 0 Å². The zero-order valence-electron chi connectivity index (χ0n) is 16.3. The van der Waals surface area contributed by atoms with Gasteiger partial charge in [-0.1, -0.05) is 13.0 Å². The van der Waals surface area contributed by atoms with Gasteiger partial charge in [-0.05, 0) is 48.1 Å². The molecule has 156 valence electrons. The number of sulfone groups is 1. The molecule has 6 nitrogen and oxygen atoms in total. The van der Waals surface area contributed by atoms with Crippen LogP contribution >= 0.6 is 35.3 Å². The molecule has 1 aromatic carbocycles. The van der Waals surface area contributed by atoms with Crippen LogP contribution in [0, 0.1) is 5.92 Å². The summed E-state index contributed by atoms with van der Waals surface area (Å²) in [4.78, 5) is 5.89. The molecule has 1 atom stereocenters. The lowest BCUT2D eigenvalue weighted by Crippen LogP contribution is -2.41. The van der Waals surface area contributed by atoms with Crippen molar-refractivity contribution in [2.75, 3.05) is 33.0 Å². The Bertz CT molecular complexity index is 823. The van der Waals surface area contributed by atoms with Gasteiger partial charge in [-0.2, -0.15) is 0 Å². The van der Waals surface area contributed by atoms with Crippen LogP contribution in [0.5, 0.6) is 5.75 Å². The molecule has 0 spiro atoms. The van der Waals surface area contributed by atoms with Crippen LogP contribution in [0.15, 0.2) is 51.7 Å². The van der Waals surface area contributed by atoms with Crippen LogP contribution in [0.1, 0.15) is 11.8 Å². The van der Waals surface area contributed by atoms with E-state index in [2.05, 4.69) is 40.1 Å². The van der Waals surface area contributed by atoms with Gasteiger partial charge < -0.3 is 15.4 Å². The molecule has 0 amide bonds. The Labute approximate surface area is 188 Å². The molecular formula is C19H28IN3O3S2. The van der Waals surface area contributed by atoms with Crippen LogP contribution in [0.3, 0.4) is 0 Å². The topological polar surface area (TPSA) is 79.8 Å². The molecule has 2 aromatic rings. The van der Waals surface area contributed by atoms with Gasteiger partial charge in [0, 0.05) is 24.7 Å². The molecule has 2 rings (SSSR count). The third-order valence-electron chi connectivity index (χ3n) is 3.89. The number of nitrogens with zero attached hydrogens (tertiary/aromatic N) is 1. The van der Waals surface area contributed by atoms with Crippen LogP contribution in [-0.2, 0) is 16.3 Å². The summed E-state index contributed by atoms with van der Waals surface area (Å²) in [5.41, 5.74) is 0. The van der Waals surface area contributed by atoms with Crippen LogP contribution in [0.25, 0.3) is 0 Å². The minimum atomic E-state index is -3.18. The molecule has 9 heteroatoms. The maximum Gasteiger partial charge on any atom is 0.191 e. The number of guanidine groups is 1. The predicted octanol–water partition coefficient (Wildman–Crippen LogP) is 3.19. The summed E-state index contributed by atoms with van der Waals surface area (Å²) in [6.07, 6.45) is 2.24. The fourth-order valence-corrected chi connectivity index (χ4v) is 3.96. The second-order valence-electron chi connectivity index (χ2n) is 6.36. The van der Waals surface area contributed by atoms with E-state index in [9.17, 15) is 8.42 Å². The van der Waals surface area contributed by atoms with Gasteiger partial charge >= 0.3 is 0 Å². The Morgan fingerprint density at radius 2 is 1.93 bits per heavy atom. The van der Waals surface area contributed by atoms with E-state index in [1.165, 1.54) is 11.1 Å². The average Bonchev–Trinajstić information content (AvgIpc) is 3.13. The van der Waals surface area contributed by atoms with E-state index in [1.807, 2.05) is 0 Å². The lowest BCUT2D eigenvalue weighted by atomic mass is 10.1. The first-order valence-corrected chi connectivity index (χ1v) is 11.6. The van der Waals surface area contributed by atoms with Crippen molar-refractivity contribution in [3.63, 3.8) is 0 Å². The zero-order chi connectivity index (χ0) is 19.7. The highest BCUT2D eigenvalue weighted by Crippen LogP contribution is 2.15. The first kappa shape index (κ1) is 24.7. The second-order valence-corrected chi connectivity index (χ2v) is 9.41. The summed E-state index contributed by atoms with van der Waals surface area (Å²) in [7, 11) is -1.44. The third-order valence-corrected chi connectivity index (χ3v) is 5.91. The fourth-order valence-electron chi connectivity index (χ4n) is 2.46. The highest BCUT2D eigenvalue weighted by molar-refractivity contribution is 14.0. The van der Waals surface area contributed by atoms with Gasteiger partial charge in [-0.15, -0.1) is 35.3 Å². The maximum absolute atomic E-state index is 11.4. The maximum atomic E-state index is 11.4. The number of ether oxygens (including phenoxy) is 1. The molecule has 0 radical (unpaired) electrons. The molecule has 28 heavy (non-hydrogen) atoms. The van der Waals surface area contributed by atoms with Crippen molar-refractivity contribution in [2.45, 2.75) is 18.2 Å². The van der Waals surface area contributed by atoms with Crippen molar-refractivity contribution in [2.24, 2.45) is 10.9 Å². The van der Waals surface area contributed by atoms with Crippen molar-refractivity contribution in [1.29, 1.82) is 0 Å². The first-order chi connectivity index (χ1) is 12.9. The van der Waals surface area contributed by atoms with Crippen molar-refractivity contribution < 1.29 is 13.2 Å². The smallest absolute Gasteiger partial charge is 0.191 e. The van der Waals surface area contributed by atoms with E-state index < -0.39 is 9.84 Å². The summed E-state index contributed by atoms with van der Waals surface area (Å²) in [5, 5.41) is 8.64. The predicted molar refractivity (Wildman–Crippen MR) is 127 cm³/mol. The Morgan fingerprint density at radius 3 is 2.50 bits per heavy atom. The number of benzene rings is 1. The third kappa shape index (κ3) is 8.78. The first-order valence-electron chi connectivity index (χ1n) is 8.78. The minimum absolute atomic E-state index is 0. The summed E-state index contributed by atoms with van der Waals surface area (Å²) >= 11 is 1.78. The normalized spacial score (nSPS) is 12.8. The number of aliphatic imine (C=N–C) groups is 1. The van der Waals surface area contributed by atoms with Crippen LogP contribution in [0.4, 0.5) is 0 Å². The standard InChI is InChI=1S/C19H27N3O3S2.HI/c1-15(13-17-5-4-12-26-17)14-22-19(20-2)21-10-11-25-16-6-8-18(9-7-16)27(3,23)24;/h4-9,12,15H,10-11,13-14H2,1-3H3,(H2,20,21,22);1H. The molecule has 1 aromatic heterocycles. The van der Waals surface area contributed by atoms with Gasteiger partial charge in [0.1, 0.15) is 12.4 Å². The summed E-state index contributed by atoms with van der Waals surface area (Å²) in [6, 6.07) is 10.7. The van der Waals surface area contributed by atoms with Crippen molar-refractivity contribution in [3.8, 4) is 5.75 Å². The zero-order valence-corrected chi connectivity index (χ0v) is 20.3. The summed E-state index contributed by atoms with van der Waals surface area (Å²) < 4.78 is 28.5. The molecule has 2 N–H and O–H groups in total. The summed E-state index contributed by atoms with van der Waals surface area (Å²) in [5.74, 6) is 1.88. The molecule has 0 aliphatic rings. The monoisotopic (exact) mass is 537 g/mol. The lowest BCUT2D eigenvalue weighted by molar-refractivity contribution is 0.321. The Hall–Kier alpha value is -1.33. The molecule has 0 bridgehead atoms. The number of nitrogens with one attached hydrogen (secondary N) is 2. The van der Waals surface area contributed by atoms with Gasteiger partial charge in [0.25, 0.3) is 0 Å². The van der Waals surface area contributed by atoms with Gasteiger partial charge in [0.2, 0.25) is 0 Å². The molecule has 0 aliphatic carbocycles. The number of hydrogen-bond acceptors (Lipinski definition) is 5. The molecule has 1 heterocycles. The number of rotatable bonds is 9. The lowest BCUT2D eigenvalue weighted by Gasteiger charge is -2.16. The second kappa shape index (κ2) is 12.3. The quantitative estimate of drug-likeness (QED) is 0.222. The molecule has 0 saturated heterocycles. The highest BCUT2D eigenvalue weighted by Gasteiger charge is 2.07. The van der Waals surface area contributed by atoms with E-state index in [0.717, 1.165) is 18.9 Å². The van der Waals surface area contributed by atoms with Crippen molar-refractivity contribution in [3.05, 3.63) is 46.7 Å². The SMILES string of the molecule is CN=C(NCCOc1ccc(S(C)(=O)=O)cc1)NCC(C)Cc1cccs1.I. The molecule has 1 unspecified atom stereocenters. The highest BCUT2D eigenvalue weighted by atomic mass is 127. The number of thiophene rings is 1. The summed E-state index contributed by atoms with van der Waals surface area (Å²) in [6.45, 7) is 4.09. The Morgan fingerprint density at radius 1 is 1.21 bits per heavy atom. The van der Waals surface area contributed by atoms with Gasteiger partial charge in [0.05, 0.1) is 11.4 Å². The number of hydrogen-bond donors (Lipinski definition) is 2. The van der Waals surface area contributed by atoms with E-state index in [0.29, 0.717) is 24.8 Å². The van der Waals surface area contributed by atoms with Gasteiger partial charge in [-0.3, -0.25) is 4.99 Å². The van der Waals surface area contributed by atoms with Crippen LogP contribution in [0.2, 0.25) is 0 Å². The molecule has 0 saturated carbocycles. The van der Waals surface area contributed by atoms with Crippen molar-refractivity contribution >= 4 is 51.1 Å². The van der Waals surface area contributed by atoms with E-state index in [1.54, 1.807) is 42.6 Å². The fraction of sp³-hybridized carbons (Fsp3) is 0.421. The molecule has 0 aliphatic heterocycles. The van der Waals surface area contributed by atoms with Gasteiger partial charge in [-0.25, -0.2) is 8.42 Å².